The van der Waals surface area contributed by atoms with E-state index in [4.69, 9.17) is 4.74 Å². The van der Waals surface area contributed by atoms with Crippen molar-refractivity contribution in [1.29, 1.82) is 0 Å². The van der Waals surface area contributed by atoms with Crippen molar-refractivity contribution in [2.45, 2.75) is 10.7 Å². The fraction of sp³-hybridized carbons (Fsp3) is 0.143. The molecular formula is C28H28N2OS2. The Kier molecular flexibility index (Phi) is 8.23. The molecule has 168 valence electrons. The van der Waals surface area contributed by atoms with Crippen molar-refractivity contribution in [3.05, 3.63) is 120 Å². The van der Waals surface area contributed by atoms with Gasteiger partial charge in [-0.05, 0) is 60.0 Å². The van der Waals surface area contributed by atoms with Gasteiger partial charge in [0.2, 0.25) is 0 Å². The second kappa shape index (κ2) is 11.7. The number of hydrogen-bond donors (Lipinski definition) is 2. The zero-order valence-electron chi connectivity index (χ0n) is 18.8. The van der Waals surface area contributed by atoms with Crippen LogP contribution in [-0.2, 0) is 0 Å². The average Bonchev–Trinajstić information content (AvgIpc) is 2.88. The Morgan fingerprint density at radius 1 is 0.576 bits per heavy atom. The standard InChI is InChI=1S/C28H28N2OS2/c1-32-27(21-11-5-3-6-12-21)29-23-17-19-24(20-18-23)31-26-16-10-9-15-25(26)30-28(33-2)22-13-7-4-8-14-22/h3-20,27-30H,1-2H3. The van der Waals surface area contributed by atoms with Gasteiger partial charge in [-0.15, -0.1) is 23.5 Å². The third kappa shape index (κ3) is 6.28. The number of nitrogens with one attached hydrogen (secondary N) is 2. The minimum atomic E-state index is 0.143. The van der Waals surface area contributed by atoms with Crippen LogP contribution in [-0.4, -0.2) is 12.5 Å². The van der Waals surface area contributed by atoms with Crippen LogP contribution in [0.5, 0.6) is 11.5 Å². The molecule has 5 heteroatoms. The number of anilines is 2. The fourth-order valence-electron chi connectivity index (χ4n) is 3.53. The van der Waals surface area contributed by atoms with E-state index in [1.807, 2.05) is 42.5 Å². The average molecular weight is 473 g/mol. The highest BCUT2D eigenvalue weighted by atomic mass is 32.2. The SMILES string of the molecule is CSC(Nc1ccc(Oc2ccccc2NC(SC)c2ccccc2)cc1)c1ccccc1. The third-order valence-corrected chi connectivity index (χ3v) is 6.95. The summed E-state index contributed by atoms with van der Waals surface area (Å²) in [5.41, 5.74) is 4.52. The molecule has 0 aromatic heterocycles. The quantitative estimate of drug-likeness (QED) is 0.226. The van der Waals surface area contributed by atoms with Gasteiger partial charge in [-0.1, -0.05) is 72.8 Å². The van der Waals surface area contributed by atoms with E-state index >= 15 is 0 Å². The Balaban J connectivity index is 1.45. The summed E-state index contributed by atoms with van der Waals surface area (Å²) in [6.45, 7) is 0. The molecular weight excluding hydrogens is 444 g/mol. The summed E-state index contributed by atoms with van der Waals surface area (Å²) >= 11 is 3.54. The molecule has 0 radical (unpaired) electrons. The topological polar surface area (TPSA) is 33.3 Å². The largest absolute Gasteiger partial charge is 0.455 e. The predicted molar refractivity (Wildman–Crippen MR) is 146 cm³/mol. The van der Waals surface area contributed by atoms with Crippen molar-refractivity contribution in [3.8, 4) is 11.5 Å². The summed E-state index contributed by atoms with van der Waals surface area (Å²) in [6.07, 6.45) is 4.22. The smallest absolute Gasteiger partial charge is 0.150 e. The van der Waals surface area contributed by atoms with Gasteiger partial charge in [0.1, 0.15) is 5.75 Å². The second-order valence-electron chi connectivity index (χ2n) is 7.46. The molecule has 3 nitrogen and oxygen atoms in total. The highest BCUT2D eigenvalue weighted by Gasteiger charge is 2.13. The van der Waals surface area contributed by atoms with Crippen molar-refractivity contribution in [2.75, 3.05) is 23.1 Å². The minimum Gasteiger partial charge on any atom is -0.455 e. The van der Waals surface area contributed by atoms with Crippen molar-refractivity contribution in [2.24, 2.45) is 0 Å². The number of ether oxygens (including phenoxy) is 1. The molecule has 0 aliphatic carbocycles. The summed E-state index contributed by atoms with van der Waals surface area (Å²) in [6, 6.07) is 37.1. The van der Waals surface area contributed by atoms with Crippen LogP contribution in [0.25, 0.3) is 0 Å². The van der Waals surface area contributed by atoms with Crippen molar-refractivity contribution in [3.63, 3.8) is 0 Å². The van der Waals surface area contributed by atoms with Crippen LogP contribution in [0.1, 0.15) is 21.9 Å². The molecule has 2 unspecified atom stereocenters. The number of thioether (sulfide) groups is 2. The van der Waals surface area contributed by atoms with Gasteiger partial charge in [-0.2, -0.15) is 0 Å². The Morgan fingerprint density at radius 3 is 1.67 bits per heavy atom. The zero-order valence-corrected chi connectivity index (χ0v) is 20.4. The molecule has 0 aliphatic heterocycles. The van der Waals surface area contributed by atoms with Crippen molar-refractivity contribution in [1.82, 2.24) is 0 Å². The lowest BCUT2D eigenvalue weighted by atomic mass is 10.2. The predicted octanol–water partition coefficient (Wildman–Crippen LogP) is 8.43. The van der Waals surface area contributed by atoms with Crippen LogP contribution in [0.3, 0.4) is 0 Å². The van der Waals surface area contributed by atoms with Gasteiger partial charge >= 0.3 is 0 Å². The first-order valence-electron chi connectivity index (χ1n) is 10.8. The molecule has 0 fully saturated rings. The van der Waals surface area contributed by atoms with Crippen LogP contribution in [0.15, 0.2) is 109 Å². The monoisotopic (exact) mass is 472 g/mol. The minimum absolute atomic E-state index is 0.143. The first kappa shape index (κ1) is 23.1. The van der Waals surface area contributed by atoms with E-state index in [2.05, 4.69) is 89.9 Å². The maximum atomic E-state index is 6.26. The first-order valence-corrected chi connectivity index (χ1v) is 13.4. The fourth-order valence-corrected chi connectivity index (χ4v) is 4.88. The Bertz CT molecular complexity index is 1120. The van der Waals surface area contributed by atoms with E-state index < -0.39 is 0 Å². The molecule has 0 spiro atoms. The van der Waals surface area contributed by atoms with Crippen molar-refractivity contribution < 1.29 is 4.74 Å². The molecule has 4 rings (SSSR count). The van der Waals surface area contributed by atoms with Crippen LogP contribution >= 0.6 is 23.5 Å². The van der Waals surface area contributed by atoms with Gasteiger partial charge in [0.25, 0.3) is 0 Å². The third-order valence-electron chi connectivity index (χ3n) is 5.23. The van der Waals surface area contributed by atoms with E-state index in [9.17, 15) is 0 Å². The number of para-hydroxylation sites is 2. The van der Waals surface area contributed by atoms with E-state index in [0.29, 0.717) is 0 Å². The van der Waals surface area contributed by atoms with Gasteiger partial charge in [0.05, 0.1) is 16.4 Å². The Labute approximate surface area is 205 Å². The van der Waals surface area contributed by atoms with E-state index in [1.165, 1.54) is 11.1 Å². The number of hydrogen-bond acceptors (Lipinski definition) is 5. The summed E-state index contributed by atoms with van der Waals surface area (Å²) in [5, 5.41) is 7.55. The van der Waals surface area contributed by atoms with Gasteiger partial charge in [0, 0.05) is 5.69 Å². The number of rotatable bonds is 10. The van der Waals surface area contributed by atoms with E-state index in [0.717, 1.165) is 22.9 Å². The molecule has 4 aromatic carbocycles. The highest BCUT2D eigenvalue weighted by Crippen LogP contribution is 2.36. The Morgan fingerprint density at radius 2 is 1.09 bits per heavy atom. The van der Waals surface area contributed by atoms with Crippen LogP contribution in [0.2, 0.25) is 0 Å². The molecule has 33 heavy (non-hydrogen) atoms. The van der Waals surface area contributed by atoms with E-state index in [1.54, 1.807) is 23.5 Å². The lowest BCUT2D eigenvalue weighted by molar-refractivity contribution is 0.484. The summed E-state index contributed by atoms with van der Waals surface area (Å²) in [7, 11) is 0. The molecule has 0 saturated heterocycles. The summed E-state index contributed by atoms with van der Waals surface area (Å²) in [5.74, 6) is 1.61. The van der Waals surface area contributed by atoms with Gasteiger partial charge in [-0.3, -0.25) is 0 Å². The molecule has 0 saturated carbocycles. The number of benzene rings is 4. The van der Waals surface area contributed by atoms with Crippen LogP contribution < -0.4 is 15.4 Å². The Hall–Kier alpha value is -3.02. The van der Waals surface area contributed by atoms with Crippen molar-refractivity contribution >= 4 is 34.9 Å². The van der Waals surface area contributed by atoms with E-state index in [-0.39, 0.29) is 10.7 Å². The van der Waals surface area contributed by atoms with Crippen LogP contribution in [0, 0.1) is 0 Å². The lowest BCUT2D eigenvalue weighted by Crippen LogP contribution is -2.07. The maximum Gasteiger partial charge on any atom is 0.150 e. The second-order valence-corrected chi connectivity index (χ2v) is 9.35. The molecule has 0 amide bonds. The van der Waals surface area contributed by atoms with Gasteiger partial charge in [0.15, 0.2) is 5.75 Å². The summed E-state index contributed by atoms with van der Waals surface area (Å²) in [4.78, 5) is 0. The molecule has 2 atom stereocenters. The van der Waals surface area contributed by atoms with Crippen LogP contribution in [0.4, 0.5) is 11.4 Å². The van der Waals surface area contributed by atoms with Gasteiger partial charge < -0.3 is 15.4 Å². The molecule has 0 aliphatic rings. The maximum absolute atomic E-state index is 6.26. The lowest BCUT2D eigenvalue weighted by Gasteiger charge is -2.21. The molecule has 0 heterocycles. The molecule has 2 N–H and O–H groups in total. The normalized spacial score (nSPS) is 12.5. The van der Waals surface area contributed by atoms with Gasteiger partial charge in [-0.25, -0.2) is 0 Å². The molecule has 0 bridgehead atoms. The highest BCUT2D eigenvalue weighted by molar-refractivity contribution is 7.99. The zero-order chi connectivity index (χ0) is 22.9. The first-order chi connectivity index (χ1) is 16.3. The molecule has 4 aromatic rings. The summed E-state index contributed by atoms with van der Waals surface area (Å²) < 4.78 is 6.26.